The van der Waals surface area contributed by atoms with E-state index in [1.165, 1.54) is 4.31 Å². The van der Waals surface area contributed by atoms with Crippen molar-refractivity contribution in [1.82, 2.24) is 14.5 Å². The maximum Gasteiger partial charge on any atom is 0.243 e. The van der Waals surface area contributed by atoms with E-state index in [1.54, 1.807) is 23.1 Å². The first kappa shape index (κ1) is 27.6. The third kappa shape index (κ3) is 6.42. The number of nitrogens with zero attached hydrogens (tertiary/aromatic N) is 2. The minimum atomic E-state index is -3.63. The molecule has 4 rings (SSSR count). The van der Waals surface area contributed by atoms with E-state index in [0.29, 0.717) is 45.2 Å². The molecule has 0 radical (unpaired) electrons. The SMILES string of the molecule is C[C@H](NC(=O)[C@@H]1CCCN1C(=O)CN)c1ccc(S(=O)(=O)N2CCOCC2)cc1/C=C/C1CC1.Cl. The molecular formula is C24H35ClN4O5S. The van der Waals surface area contributed by atoms with Gasteiger partial charge in [-0.25, -0.2) is 8.42 Å². The molecule has 3 N–H and O–H groups in total. The van der Waals surface area contributed by atoms with Crippen LogP contribution in [0.1, 0.15) is 49.8 Å². The number of nitrogens with two attached hydrogens (primary N) is 1. The van der Waals surface area contributed by atoms with E-state index < -0.39 is 16.1 Å². The van der Waals surface area contributed by atoms with Crippen molar-refractivity contribution in [1.29, 1.82) is 0 Å². The lowest BCUT2D eigenvalue weighted by molar-refractivity contribution is -0.137. The number of hydrogen-bond acceptors (Lipinski definition) is 6. The van der Waals surface area contributed by atoms with Gasteiger partial charge in [-0.15, -0.1) is 12.4 Å². The number of carbonyl (C=O) groups is 2. The molecule has 0 bridgehead atoms. The lowest BCUT2D eigenvalue weighted by atomic mass is 10.00. The number of sulfonamides is 1. The predicted octanol–water partition coefficient (Wildman–Crippen LogP) is 1.68. The molecule has 2 amide bonds. The van der Waals surface area contributed by atoms with Crippen molar-refractivity contribution in [3.63, 3.8) is 0 Å². The number of amides is 2. The number of rotatable bonds is 8. The van der Waals surface area contributed by atoms with Gasteiger partial charge >= 0.3 is 0 Å². The number of nitrogens with one attached hydrogen (secondary N) is 1. The van der Waals surface area contributed by atoms with Gasteiger partial charge in [-0.2, -0.15) is 4.31 Å². The van der Waals surface area contributed by atoms with Crippen LogP contribution < -0.4 is 11.1 Å². The largest absolute Gasteiger partial charge is 0.379 e. The predicted molar refractivity (Wildman–Crippen MR) is 135 cm³/mol. The van der Waals surface area contributed by atoms with Crippen LogP contribution in [0.15, 0.2) is 29.2 Å². The third-order valence-corrected chi connectivity index (χ3v) is 8.61. The molecule has 2 saturated heterocycles. The topological polar surface area (TPSA) is 122 Å². The number of halogens is 1. The number of carbonyl (C=O) groups excluding carboxylic acids is 2. The Balaban J connectivity index is 0.00000342. The molecule has 0 spiro atoms. The van der Waals surface area contributed by atoms with Gasteiger partial charge in [-0.3, -0.25) is 9.59 Å². The van der Waals surface area contributed by atoms with Gasteiger partial charge < -0.3 is 20.7 Å². The number of allylic oxidation sites excluding steroid dienone is 1. The summed E-state index contributed by atoms with van der Waals surface area (Å²) in [5.41, 5.74) is 7.11. The average Bonchev–Trinajstić information content (AvgIpc) is 3.55. The second-order valence-corrected chi connectivity index (χ2v) is 11.1. The Hall–Kier alpha value is -1.98. The van der Waals surface area contributed by atoms with Crippen LogP contribution in [0.2, 0.25) is 0 Å². The molecule has 194 valence electrons. The molecule has 1 aromatic carbocycles. The number of hydrogen-bond donors (Lipinski definition) is 2. The van der Waals surface area contributed by atoms with Crippen LogP contribution in [-0.2, 0) is 24.3 Å². The summed E-state index contributed by atoms with van der Waals surface area (Å²) in [7, 11) is -3.63. The van der Waals surface area contributed by atoms with Crippen molar-refractivity contribution >= 4 is 40.3 Å². The highest BCUT2D eigenvalue weighted by Gasteiger charge is 2.34. The summed E-state index contributed by atoms with van der Waals surface area (Å²) in [5.74, 6) is 0.0801. The number of likely N-dealkylation sites (tertiary alicyclic amines) is 1. The Labute approximate surface area is 213 Å². The summed E-state index contributed by atoms with van der Waals surface area (Å²) < 4.78 is 33.1. The van der Waals surface area contributed by atoms with Gasteiger partial charge in [-0.1, -0.05) is 18.2 Å². The molecule has 1 aliphatic carbocycles. The highest BCUT2D eigenvalue weighted by molar-refractivity contribution is 7.89. The van der Waals surface area contributed by atoms with Crippen LogP contribution in [0.25, 0.3) is 6.08 Å². The monoisotopic (exact) mass is 526 g/mol. The Bertz CT molecular complexity index is 1050. The standard InChI is InChI=1S/C24H34N4O5S.ClH/c1-17(26-24(30)22-3-2-10-28(22)23(29)16-25)21-9-8-20(15-19(21)7-6-18-4-5-18)34(31,32)27-11-13-33-14-12-27;/h6-9,15,17-18,22H,2-5,10-14,16,25H2,1H3,(H,26,30);1H/b7-6+;/t17-,22-;/m0./s1. The average molecular weight is 527 g/mol. The molecule has 2 atom stereocenters. The molecule has 3 fully saturated rings. The zero-order chi connectivity index (χ0) is 24.3. The lowest BCUT2D eigenvalue weighted by Gasteiger charge is -2.27. The zero-order valence-electron chi connectivity index (χ0n) is 20.0. The Morgan fingerprint density at radius 2 is 1.91 bits per heavy atom. The van der Waals surface area contributed by atoms with E-state index in [9.17, 15) is 18.0 Å². The fraction of sp³-hybridized carbons (Fsp3) is 0.583. The summed E-state index contributed by atoms with van der Waals surface area (Å²) in [6.07, 6.45) is 7.72. The molecule has 3 aliphatic rings. The van der Waals surface area contributed by atoms with Crippen molar-refractivity contribution in [2.24, 2.45) is 11.7 Å². The molecule has 9 nitrogen and oxygen atoms in total. The minimum absolute atomic E-state index is 0. The molecule has 1 saturated carbocycles. The first-order chi connectivity index (χ1) is 16.3. The van der Waals surface area contributed by atoms with Crippen molar-refractivity contribution in [2.45, 2.75) is 49.6 Å². The highest BCUT2D eigenvalue weighted by atomic mass is 35.5. The van der Waals surface area contributed by atoms with Crippen LogP contribution in [0, 0.1) is 5.92 Å². The van der Waals surface area contributed by atoms with Gasteiger partial charge in [0.25, 0.3) is 0 Å². The van der Waals surface area contributed by atoms with Crippen molar-refractivity contribution in [3.05, 3.63) is 35.4 Å². The molecular weight excluding hydrogens is 492 g/mol. The lowest BCUT2D eigenvalue weighted by Crippen LogP contribution is -2.48. The van der Waals surface area contributed by atoms with Gasteiger partial charge in [0.1, 0.15) is 6.04 Å². The summed E-state index contributed by atoms with van der Waals surface area (Å²) in [6, 6.07) is 4.20. The second-order valence-electron chi connectivity index (χ2n) is 9.18. The number of benzene rings is 1. The first-order valence-corrected chi connectivity index (χ1v) is 13.4. The highest BCUT2D eigenvalue weighted by Crippen LogP contribution is 2.32. The van der Waals surface area contributed by atoms with E-state index in [2.05, 4.69) is 11.4 Å². The quantitative estimate of drug-likeness (QED) is 0.531. The van der Waals surface area contributed by atoms with Gasteiger partial charge in [0.2, 0.25) is 21.8 Å². The summed E-state index contributed by atoms with van der Waals surface area (Å²) in [4.78, 5) is 26.9. The normalized spacial score (nSPS) is 22.1. The van der Waals surface area contributed by atoms with Gasteiger partial charge in [-0.05, 0) is 61.8 Å². The van der Waals surface area contributed by atoms with Crippen LogP contribution >= 0.6 is 12.4 Å². The second kappa shape index (κ2) is 11.8. The van der Waals surface area contributed by atoms with Crippen molar-refractivity contribution < 1.29 is 22.7 Å². The minimum Gasteiger partial charge on any atom is -0.379 e. The summed E-state index contributed by atoms with van der Waals surface area (Å²) in [5, 5.41) is 3.03. The van der Waals surface area contributed by atoms with Crippen LogP contribution in [0.5, 0.6) is 0 Å². The molecule has 0 aromatic heterocycles. The molecule has 35 heavy (non-hydrogen) atoms. The fourth-order valence-electron chi connectivity index (χ4n) is 4.56. The Morgan fingerprint density at radius 3 is 2.57 bits per heavy atom. The molecule has 1 aromatic rings. The van der Waals surface area contributed by atoms with E-state index in [4.69, 9.17) is 10.5 Å². The Morgan fingerprint density at radius 1 is 1.20 bits per heavy atom. The summed E-state index contributed by atoms with van der Waals surface area (Å²) >= 11 is 0. The van der Waals surface area contributed by atoms with Gasteiger partial charge in [0, 0.05) is 19.6 Å². The van der Waals surface area contributed by atoms with Crippen molar-refractivity contribution in [3.8, 4) is 0 Å². The van der Waals surface area contributed by atoms with Crippen molar-refractivity contribution in [2.75, 3.05) is 39.4 Å². The first-order valence-electron chi connectivity index (χ1n) is 12.0. The van der Waals surface area contributed by atoms with E-state index in [1.807, 2.05) is 13.0 Å². The third-order valence-electron chi connectivity index (χ3n) is 6.71. The van der Waals surface area contributed by atoms with Crippen LogP contribution in [0.3, 0.4) is 0 Å². The van der Waals surface area contributed by atoms with E-state index in [0.717, 1.165) is 30.4 Å². The maximum atomic E-state index is 13.2. The van der Waals surface area contributed by atoms with E-state index >= 15 is 0 Å². The fourth-order valence-corrected chi connectivity index (χ4v) is 6.00. The molecule has 2 aliphatic heterocycles. The molecule has 11 heteroatoms. The van der Waals surface area contributed by atoms with Gasteiger partial charge in [0.05, 0.1) is 30.7 Å². The maximum absolute atomic E-state index is 13.2. The van der Waals surface area contributed by atoms with Gasteiger partial charge in [0.15, 0.2) is 0 Å². The van der Waals surface area contributed by atoms with E-state index in [-0.39, 0.29) is 41.7 Å². The summed E-state index contributed by atoms with van der Waals surface area (Å²) in [6.45, 7) is 3.74. The molecule has 2 heterocycles. The Kier molecular flexibility index (Phi) is 9.34. The van der Waals surface area contributed by atoms with Crippen LogP contribution in [0.4, 0.5) is 0 Å². The number of morpholine rings is 1. The van der Waals surface area contributed by atoms with Crippen LogP contribution in [-0.4, -0.2) is 74.9 Å². The zero-order valence-corrected chi connectivity index (χ0v) is 21.7. The number of ether oxygens (including phenoxy) is 1. The smallest absolute Gasteiger partial charge is 0.243 e. The molecule has 0 unspecified atom stereocenters.